The number of rotatable bonds is 3. The lowest BCUT2D eigenvalue weighted by molar-refractivity contribution is 0.0473. The van der Waals surface area contributed by atoms with Gasteiger partial charge in [0.15, 0.2) is 0 Å². The first-order valence-corrected chi connectivity index (χ1v) is 6.13. The molecule has 0 radical (unpaired) electrons. The molecule has 0 saturated carbocycles. The zero-order valence-corrected chi connectivity index (χ0v) is 11.3. The minimum absolute atomic E-state index is 0.0621. The number of hydrogen-bond donors (Lipinski definition) is 1. The third-order valence-electron chi connectivity index (χ3n) is 2.37. The second kappa shape index (κ2) is 5.91. The third-order valence-corrected chi connectivity index (χ3v) is 2.93. The summed E-state index contributed by atoms with van der Waals surface area (Å²) in [5.41, 5.74) is 6.99. The lowest BCUT2D eigenvalue weighted by Crippen LogP contribution is -2.06. The predicted octanol–water partition coefficient (Wildman–Crippen LogP) is 3.33. The van der Waals surface area contributed by atoms with Crippen LogP contribution in [0.25, 0.3) is 0 Å². The van der Waals surface area contributed by atoms with Crippen LogP contribution in [0.15, 0.2) is 36.7 Å². The van der Waals surface area contributed by atoms with Gasteiger partial charge < -0.3 is 10.5 Å². The van der Waals surface area contributed by atoms with Crippen molar-refractivity contribution in [2.24, 2.45) is 0 Å². The van der Waals surface area contributed by atoms with Gasteiger partial charge >= 0.3 is 5.97 Å². The maximum Gasteiger partial charge on any atom is 0.338 e. The summed E-state index contributed by atoms with van der Waals surface area (Å²) in [6.07, 6.45) is 3.06. The number of nitrogen functional groups attached to an aromatic ring is 1. The molecule has 0 aliphatic rings. The average molecular weight is 297 g/mol. The topological polar surface area (TPSA) is 65.2 Å². The molecule has 0 bridgehead atoms. The van der Waals surface area contributed by atoms with Gasteiger partial charge in [0, 0.05) is 28.7 Å². The van der Waals surface area contributed by atoms with Gasteiger partial charge in [-0.2, -0.15) is 0 Å². The molecular weight excluding hydrogens is 287 g/mol. The van der Waals surface area contributed by atoms with E-state index in [9.17, 15) is 4.79 Å². The van der Waals surface area contributed by atoms with Crippen LogP contribution in [-0.2, 0) is 11.3 Å². The normalized spacial score (nSPS) is 10.2. The summed E-state index contributed by atoms with van der Waals surface area (Å²) in [6, 6.07) is 6.23. The Labute approximate surface area is 120 Å². The van der Waals surface area contributed by atoms with E-state index < -0.39 is 5.97 Å². The van der Waals surface area contributed by atoms with Crippen molar-refractivity contribution in [2.75, 3.05) is 5.73 Å². The standard InChI is InChI=1S/C13H10Cl2N2O2/c14-10-3-9(4-11(16)5-10)13(18)19-7-8-1-2-17-6-12(8)15/h1-6H,7,16H2. The summed E-state index contributed by atoms with van der Waals surface area (Å²) in [5, 5.41) is 0.829. The van der Waals surface area contributed by atoms with Gasteiger partial charge in [0.1, 0.15) is 6.61 Å². The molecule has 0 atom stereocenters. The molecule has 2 N–H and O–H groups in total. The Morgan fingerprint density at radius 2 is 2.11 bits per heavy atom. The van der Waals surface area contributed by atoms with Gasteiger partial charge in [-0.1, -0.05) is 23.2 Å². The second-order valence-corrected chi connectivity index (χ2v) is 4.66. The van der Waals surface area contributed by atoms with Crippen molar-refractivity contribution in [2.45, 2.75) is 6.61 Å². The first kappa shape index (κ1) is 13.6. The van der Waals surface area contributed by atoms with Gasteiger partial charge in [-0.05, 0) is 24.3 Å². The van der Waals surface area contributed by atoms with E-state index >= 15 is 0 Å². The van der Waals surface area contributed by atoms with Crippen molar-refractivity contribution < 1.29 is 9.53 Å². The number of pyridine rings is 1. The van der Waals surface area contributed by atoms with Crippen LogP contribution < -0.4 is 5.73 Å². The van der Waals surface area contributed by atoms with E-state index in [2.05, 4.69) is 4.98 Å². The van der Waals surface area contributed by atoms with E-state index in [1.807, 2.05) is 0 Å². The summed E-state index contributed by atoms with van der Waals surface area (Å²) in [7, 11) is 0. The maximum atomic E-state index is 11.8. The van der Waals surface area contributed by atoms with Gasteiger partial charge in [-0.25, -0.2) is 4.79 Å². The van der Waals surface area contributed by atoms with Crippen LogP contribution in [0.1, 0.15) is 15.9 Å². The minimum Gasteiger partial charge on any atom is -0.457 e. The van der Waals surface area contributed by atoms with Crippen LogP contribution >= 0.6 is 23.2 Å². The highest BCUT2D eigenvalue weighted by molar-refractivity contribution is 6.31. The van der Waals surface area contributed by atoms with Crippen molar-refractivity contribution in [1.29, 1.82) is 0 Å². The lowest BCUT2D eigenvalue weighted by Gasteiger charge is -2.07. The van der Waals surface area contributed by atoms with Crippen LogP contribution in [0.5, 0.6) is 0 Å². The molecule has 0 unspecified atom stereocenters. The van der Waals surface area contributed by atoms with Crippen molar-refractivity contribution in [3.8, 4) is 0 Å². The molecule has 0 saturated heterocycles. The van der Waals surface area contributed by atoms with Crippen LogP contribution in [0.2, 0.25) is 10.0 Å². The molecule has 6 heteroatoms. The molecule has 1 aromatic heterocycles. The van der Waals surface area contributed by atoms with E-state index in [-0.39, 0.29) is 6.61 Å². The van der Waals surface area contributed by atoms with E-state index in [4.69, 9.17) is 33.7 Å². The number of anilines is 1. The molecular formula is C13H10Cl2N2O2. The highest BCUT2D eigenvalue weighted by Crippen LogP contribution is 2.19. The Morgan fingerprint density at radius 1 is 1.32 bits per heavy atom. The number of carbonyl (C=O) groups is 1. The Kier molecular flexibility index (Phi) is 4.24. The molecule has 4 nitrogen and oxygen atoms in total. The molecule has 98 valence electrons. The van der Waals surface area contributed by atoms with Gasteiger partial charge in [0.2, 0.25) is 0 Å². The van der Waals surface area contributed by atoms with Crippen molar-refractivity contribution in [1.82, 2.24) is 4.98 Å². The zero-order valence-electron chi connectivity index (χ0n) is 9.77. The lowest BCUT2D eigenvalue weighted by atomic mass is 10.2. The molecule has 0 fully saturated rings. The molecule has 0 spiro atoms. The zero-order chi connectivity index (χ0) is 13.8. The van der Waals surface area contributed by atoms with Crippen LogP contribution in [-0.4, -0.2) is 11.0 Å². The molecule has 19 heavy (non-hydrogen) atoms. The number of nitrogens with two attached hydrogens (primary N) is 1. The maximum absolute atomic E-state index is 11.8. The van der Waals surface area contributed by atoms with Crippen LogP contribution in [0.4, 0.5) is 5.69 Å². The molecule has 2 rings (SSSR count). The quantitative estimate of drug-likeness (QED) is 0.697. The fraction of sp³-hybridized carbons (Fsp3) is 0.0769. The number of ether oxygens (including phenoxy) is 1. The minimum atomic E-state index is -0.512. The summed E-state index contributed by atoms with van der Waals surface area (Å²) in [5.74, 6) is -0.512. The molecule has 0 amide bonds. The first-order chi connectivity index (χ1) is 9.06. The number of carbonyl (C=O) groups excluding carboxylic acids is 1. The summed E-state index contributed by atoms with van der Waals surface area (Å²) in [4.78, 5) is 15.7. The first-order valence-electron chi connectivity index (χ1n) is 5.38. The number of aromatic nitrogens is 1. The van der Waals surface area contributed by atoms with Crippen molar-refractivity contribution in [3.63, 3.8) is 0 Å². The van der Waals surface area contributed by atoms with Gasteiger partial charge in [-0.15, -0.1) is 0 Å². The summed E-state index contributed by atoms with van der Waals surface area (Å²) < 4.78 is 5.14. The van der Waals surface area contributed by atoms with E-state index in [1.165, 1.54) is 18.3 Å². The third kappa shape index (κ3) is 3.59. The second-order valence-electron chi connectivity index (χ2n) is 3.82. The van der Waals surface area contributed by atoms with Gasteiger partial charge in [-0.3, -0.25) is 4.98 Å². The average Bonchev–Trinajstić information content (AvgIpc) is 2.36. The SMILES string of the molecule is Nc1cc(Cl)cc(C(=O)OCc2ccncc2Cl)c1. The number of hydrogen-bond acceptors (Lipinski definition) is 4. The highest BCUT2D eigenvalue weighted by atomic mass is 35.5. The monoisotopic (exact) mass is 296 g/mol. The van der Waals surface area contributed by atoms with E-state index in [0.29, 0.717) is 26.9 Å². The Hall–Kier alpha value is -1.78. The number of nitrogens with zero attached hydrogens (tertiary/aromatic N) is 1. The largest absolute Gasteiger partial charge is 0.457 e. The number of esters is 1. The predicted molar refractivity (Wildman–Crippen MR) is 74.2 cm³/mol. The Balaban J connectivity index is 2.08. The fourth-order valence-corrected chi connectivity index (χ4v) is 1.90. The van der Waals surface area contributed by atoms with Gasteiger partial charge in [0.25, 0.3) is 0 Å². The smallest absolute Gasteiger partial charge is 0.338 e. The van der Waals surface area contributed by atoms with Crippen LogP contribution in [0, 0.1) is 0 Å². The molecule has 1 heterocycles. The fourth-order valence-electron chi connectivity index (χ4n) is 1.48. The van der Waals surface area contributed by atoms with Crippen molar-refractivity contribution >= 4 is 34.9 Å². The molecule has 1 aromatic carbocycles. The summed E-state index contributed by atoms with van der Waals surface area (Å²) >= 11 is 11.7. The van der Waals surface area contributed by atoms with E-state index in [1.54, 1.807) is 18.3 Å². The Bertz CT molecular complexity index is 597. The van der Waals surface area contributed by atoms with Crippen LogP contribution in [0.3, 0.4) is 0 Å². The summed E-state index contributed by atoms with van der Waals surface area (Å²) in [6.45, 7) is 0.0621. The van der Waals surface area contributed by atoms with Crippen molar-refractivity contribution in [3.05, 3.63) is 57.8 Å². The molecule has 0 aliphatic carbocycles. The van der Waals surface area contributed by atoms with E-state index in [0.717, 1.165) is 0 Å². The van der Waals surface area contributed by atoms with Gasteiger partial charge in [0.05, 0.1) is 10.6 Å². The molecule has 0 aliphatic heterocycles. The number of benzene rings is 1. The Morgan fingerprint density at radius 3 is 2.79 bits per heavy atom. The number of halogens is 2. The molecule has 2 aromatic rings. The highest BCUT2D eigenvalue weighted by Gasteiger charge is 2.10.